The summed E-state index contributed by atoms with van der Waals surface area (Å²) in [4.78, 5) is 39.1. The Morgan fingerprint density at radius 2 is 1.92 bits per heavy atom. The molecular formula is C18H25N3O3. The van der Waals surface area contributed by atoms with Gasteiger partial charge in [0.05, 0.1) is 13.0 Å². The Labute approximate surface area is 142 Å². The van der Waals surface area contributed by atoms with Gasteiger partial charge in [0, 0.05) is 31.7 Å². The van der Waals surface area contributed by atoms with E-state index in [2.05, 4.69) is 5.32 Å². The van der Waals surface area contributed by atoms with Crippen molar-refractivity contribution in [2.45, 2.75) is 33.1 Å². The van der Waals surface area contributed by atoms with Crippen LogP contribution in [0.1, 0.15) is 32.3 Å². The van der Waals surface area contributed by atoms with Gasteiger partial charge in [-0.2, -0.15) is 0 Å². The van der Waals surface area contributed by atoms with Crippen LogP contribution >= 0.6 is 0 Å². The first-order valence-electron chi connectivity index (χ1n) is 8.49. The van der Waals surface area contributed by atoms with Gasteiger partial charge in [0.2, 0.25) is 17.7 Å². The van der Waals surface area contributed by atoms with Gasteiger partial charge in [-0.15, -0.1) is 0 Å². The zero-order chi connectivity index (χ0) is 17.5. The third kappa shape index (κ3) is 4.57. The first-order chi connectivity index (χ1) is 11.5. The second-order valence-corrected chi connectivity index (χ2v) is 5.85. The number of likely N-dealkylation sites (N-methyl/N-ethyl adjacent to an activating group) is 2. The summed E-state index contributed by atoms with van der Waals surface area (Å²) in [6.45, 7) is 5.61. The SMILES string of the molecule is CCNC(=O)CN(CC)C(=O)Cc1ccc(N2CCCC2=O)cc1. The molecule has 6 nitrogen and oxygen atoms in total. The van der Waals surface area contributed by atoms with Crippen molar-refractivity contribution >= 4 is 23.4 Å². The Hall–Kier alpha value is -2.37. The van der Waals surface area contributed by atoms with E-state index in [0.29, 0.717) is 19.5 Å². The minimum absolute atomic E-state index is 0.0752. The number of hydrogen-bond acceptors (Lipinski definition) is 3. The molecule has 1 heterocycles. The molecule has 0 atom stereocenters. The molecule has 1 aliphatic heterocycles. The van der Waals surface area contributed by atoms with Crippen LogP contribution in [-0.2, 0) is 20.8 Å². The van der Waals surface area contributed by atoms with E-state index in [-0.39, 0.29) is 30.7 Å². The smallest absolute Gasteiger partial charge is 0.239 e. The topological polar surface area (TPSA) is 69.7 Å². The predicted octanol–water partition coefficient (Wildman–Crippen LogP) is 1.34. The Bertz CT molecular complexity index is 598. The number of amides is 3. The molecule has 0 aliphatic carbocycles. The summed E-state index contributed by atoms with van der Waals surface area (Å²) in [5, 5.41) is 2.70. The maximum absolute atomic E-state index is 12.4. The molecule has 6 heteroatoms. The van der Waals surface area contributed by atoms with Crippen LogP contribution in [0.5, 0.6) is 0 Å². The van der Waals surface area contributed by atoms with Crippen LogP contribution < -0.4 is 10.2 Å². The lowest BCUT2D eigenvalue weighted by molar-refractivity contribution is -0.135. The molecule has 0 aromatic heterocycles. The first kappa shape index (κ1) is 18.0. The molecule has 0 spiro atoms. The number of rotatable bonds is 7. The molecule has 1 N–H and O–H groups in total. The Morgan fingerprint density at radius 1 is 1.21 bits per heavy atom. The summed E-state index contributed by atoms with van der Waals surface area (Å²) in [5.74, 6) is -0.0673. The van der Waals surface area contributed by atoms with Gasteiger partial charge in [0.1, 0.15) is 0 Å². The van der Waals surface area contributed by atoms with Crippen molar-refractivity contribution in [3.63, 3.8) is 0 Å². The molecule has 1 aromatic rings. The number of anilines is 1. The van der Waals surface area contributed by atoms with Crippen LogP contribution in [0.25, 0.3) is 0 Å². The zero-order valence-electron chi connectivity index (χ0n) is 14.4. The van der Waals surface area contributed by atoms with Crippen molar-refractivity contribution in [2.75, 3.05) is 31.1 Å². The van der Waals surface area contributed by atoms with Crippen LogP contribution in [0.15, 0.2) is 24.3 Å². The quantitative estimate of drug-likeness (QED) is 0.820. The number of benzene rings is 1. The summed E-state index contributed by atoms with van der Waals surface area (Å²) in [5.41, 5.74) is 1.76. The lowest BCUT2D eigenvalue weighted by Gasteiger charge is -2.20. The van der Waals surface area contributed by atoms with E-state index in [1.54, 1.807) is 9.80 Å². The molecule has 1 aromatic carbocycles. The molecule has 0 radical (unpaired) electrons. The molecule has 24 heavy (non-hydrogen) atoms. The zero-order valence-corrected chi connectivity index (χ0v) is 14.4. The number of carbonyl (C=O) groups is 3. The van der Waals surface area contributed by atoms with Crippen molar-refractivity contribution in [1.82, 2.24) is 10.2 Å². The summed E-state index contributed by atoms with van der Waals surface area (Å²) in [6.07, 6.45) is 1.75. The Balaban J connectivity index is 1.95. The fourth-order valence-corrected chi connectivity index (χ4v) is 2.80. The average molecular weight is 331 g/mol. The number of carbonyl (C=O) groups excluding carboxylic acids is 3. The summed E-state index contributed by atoms with van der Waals surface area (Å²) in [7, 11) is 0. The minimum atomic E-state index is -0.143. The van der Waals surface area contributed by atoms with E-state index >= 15 is 0 Å². The fraction of sp³-hybridized carbons (Fsp3) is 0.500. The molecule has 0 bridgehead atoms. The van der Waals surface area contributed by atoms with Crippen molar-refractivity contribution in [3.05, 3.63) is 29.8 Å². The van der Waals surface area contributed by atoms with Crippen LogP contribution in [0.3, 0.4) is 0 Å². The van der Waals surface area contributed by atoms with Crippen molar-refractivity contribution in [1.29, 1.82) is 0 Å². The fourth-order valence-electron chi connectivity index (χ4n) is 2.80. The summed E-state index contributed by atoms with van der Waals surface area (Å²) < 4.78 is 0. The standard InChI is InChI=1S/C18H25N3O3/c1-3-19-16(22)13-20(4-2)18(24)12-14-7-9-15(10-8-14)21-11-5-6-17(21)23/h7-10H,3-6,11-13H2,1-2H3,(H,19,22). The molecule has 0 unspecified atom stereocenters. The van der Waals surface area contributed by atoms with Crippen molar-refractivity contribution < 1.29 is 14.4 Å². The minimum Gasteiger partial charge on any atom is -0.355 e. The Morgan fingerprint density at radius 3 is 2.46 bits per heavy atom. The third-order valence-corrected chi connectivity index (χ3v) is 4.12. The van der Waals surface area contributed by atoms with E-state index in [9.17, 15) is 14.4 Å². The van der Waals surface area contributed by atoms with E-state index < -0.39 is 0 Å². The molecule has 1 fully saturated rings. The first-order valence-corrected chi connectivity index (χ1v) is 8.49. The number of hydrogen-bond donors (Lipinski definition) is 1. The average Bonchev–Trinajstić information content (AvgIpc) is 2.99. The summed E-state index contributed by atoms with van der Waals surface area (Å²) >= 11 is 0. The molecule has 0 saturated carbocycles. The summed E-state index contributed by atoms with van der Waals surface area (Å²) in [6, 6.07) is 7.51. The second-order valence-electron chi connectivity index (χ2n) is 5.85. The van der Waals surface area contributed by atoms with E-state index in [4.69, 9.17) is 0 Å². The lowest BCUT2D eigenvalue weighted by Crippen LogP contribution is -2.41. The predicted molar refractivity (Wildman–Crippen MR) is 92.7 cm³/mol. The number of nitrogens with one attached hydrogen (secondary N) is 1. The van der Waals surface area contributed by atoms with Crippen LogP contribution in [0.4, 0.5) is 5.69 Å². The second kappa shape index (κ2) is 8.47. The maximum atomic E-state index is 12.4. The van der Waals surface area contributed by atoms with Crippen LogP contribution in [0, 0.1) is 0 Å². The monoisotopic (exact) mass is 331 g/mol. The van der Waals surface area contributed by atoms with Gasteiger partial charge in [-0.1, -0.05) is 12.1 Å². The molecular weight excluding hydrogens is 306 g/mol. The largest absolute Gasteiger partial charge is 0.355 e. The van der Waals surface area contributed by atoms with Crippen molar-refractivity contribution in [3.8, 4) is 0 Å². The highest BCUT2D eigenvalue weighted by Gasteiger charge is 2.21. The molecule has 3 amide bonds. The highest BCUT2D eigenvalue weighted by molar-refractivity contribution is 5.95. The highest BCUT2D eigenvalue weighted by Crippen LogP contribution is 2.21. The van der Waals surface area contributed by atoms with E-state index in [1.165, 1.54) is 0 Å². The van der Waals surface area contributed by atoms with Gasteiger partial charge in [-0.3, -0.25) is 14.4 Å². The molecule has 1 saturated heterocycles. The van der Waals surface area contributed by atoms with Crippen molar-refractivity contribution in [2.24, 2.45) is 0 Å². The van der Waals surface area contributed by atoms with Gasteiger partial charge in [0.15, 0.2) is 0 Å². The maximum Gasteiger partial charge on any atom is 0.239 e. The van der Waals surface area contributed by atoms with Crippen LogP contribution in [-0.4, -0.2) is 48.8 Å². The lowest BCUT2D eigenvalue weighted by atomic mass is 10.1. The third-order valence-electron chi connectivity index (χ3n) is 4.12. The van der Waals surface area contributed by atoms with Crippen LogP contribution in [0.2, 0.25) is 0 Å². The van der Waals surface area contributed by atoms with Gasteiger partial charge in [0.25, 0.3) is 0 Å². The van der Waals surface area contributed by atoms with Gasteiger partial charge in [-0.05, 0) is 38.0 Å². The van der Waals surface area contributed by atoms with Gasteiger partial charge >= 0.3 is 0 Å². The van der Waals surface area contributed by atoms with E-state index in [1.807, 2.05) is 38.1 Å². The normalized spacial score (nSPS) is 13.9. The van der Waals surface area contributed by atoms with Gasteiger partial charge in [-0.25, -0.2) is 0 Å². The molecule has 2 rings (SSSR count). The number of nitrogens with zero attached hydrogens (tertiary/aromatic N) is 2. The highest BCUT2D eigenvalue weighted by atomic mass is 16.2. The molecule has 130 valence electrons. The Kier molecular flexibility index (Phi) is 6.35. The molecule has 1 aliphatic rings. The van der Waals surface area contributed by atoms with Gasteiger partial charge < -0.3 is 15.1 Å². The van der Waals surface area contributed by atoms with E-state index in [0.717, 1.165) is 24.2 Å².